The lowest BCUT2D eigenvalue weighted by molar-refractivity contribution is -0.139. The van der Waals surface area contributed by atoms with Crippen LogP contribution in [0.25, 0.3) is 0 Å². The monoisotopic (exact) mass is 264 g/mol. The molecule has 1 unspecified atom stereocenters. The van der Waals surface area contributed by atoms with Crippen molar-refractivity contribution < 1.29 is 14.7 Å². The number of amides is 1. The molecule has 0 saturated carbocycles. The van der Waals surface area contributed by atoms with Crippen LogP contribution in [-0.4, -0.2) is 41.0 Å². The van der Waals surface area contributed by atoms with E-state index < -0.39 is 5.97 Å². The van der Waals surface area contributed by atoms with Crippen molar-refractivity contribution in [2.24, 2.45) is 0 Å². The van der Waals surface area contributed by atoms with Gasteiger partial charge in [0.15, 0.2) is 0 Å². The molecule has 5 heteroatoms. The second-order valence-corrected chi connectivity index (χ2v) is 4.47. The van der Waals surface area contributed by atoms with Gasteiger partial charge in [0.05, 0.1) is 13.1 Å². The van der Waals surface area contributed by atoms with E-state index >= 15 is 0 Å². The first-order valence-electron chi connectivity index (χ1n) is 6.33. The zero-order chi connectivity index (χ0) is 14.3. The van der Waals surface area contributed by atoms with Gasteiger partial charge < -0.3 is 10.4 Å². The maximum atomic E-state index is 11.9. The number of anilines is 1. The van der Waals surface area contributed by atoms with Crippen LogP contribution >= 0.6 is 0 Å². The van der Waals surface area contributed by atoms with Crippen molar-refractivity contribution in [1.29, 1.82) is 0 Å². The van der Waals surface area contributed by atoms with Gasteiger partial charge >= 0.3 is 5.97 Å². The number of carbonyl (C=O) groups is 2. The topological polar surface area (TPSA) is 69.6 Å². The fourth-order valence-electron chi connectivity index (χ4n) is 1.71. The number of para-hydroxylation sites is 1. The Morgan fingerprint density at radius 1 is 1.26 bits per heavy atom. The SMILES string of the molecule is CCC(C)N(CC(=O)O)CC(=O)Nc1ccccc1. The molecule has 0 radical (unpaired) electrons. The molecular weight excluding hydrogens is 244 g/mol. The Morgan fingerprint density at radius 3 is 2.42 bits per heavy atom. The van der Waals surface area contributed by atoms with Crippen molar-refractivity contribution >= 4 is 17.6 Å². The molecule has 104 valence electrons. The first-order chi connectivity index (χ1) is 9.02. The molecule has 5 nitrogen and oxygen atoms in total. The number of nitrogens with zero attached hydrogens (tertiary/aromatic N) is 1. The van der Waals surface area contributed by atoms with Crippen molar-refractivity contribution in [3.05, 3.63) is 30.3 Å². The third kappa shape index (κ3) is 5.52. The summed E-state index contributed by atoms with van der Waals surface area (Å²) in [6.45, 7) is 3.83. The summed E-state index contributed by atoms with van der Waals surface area (Å²) in [6.07, 6.45) is 0.798. The van der Waals surface area contributed by atoms with E-state index in [1.807, 2.05) is 32.0 Å². The van der Waals surface area contributed by atoms with Crippen LogP contribution in [0.2, 0.25) is 0 Å². The van der Waals surface area contributed by atoms with Crippen molar-refractivity contribution in [2.75, 3.05) is 18.4 Å². The van der Waals surface area contributed by atoms with Crippen LogP contribution in [-0.2, 0) is 9.59 Å². The maximum absolute atomic E-state index is 11.9. The Labute approximate surface area is 113 Å². The van der Waals surface area contributed by atoms with Crippen molar-refractivity contribution in [1.82, 2.24) is 4.90 Å². The second-order valence-electron chi connectivity index (χ2n) is 4.47. The molecule has 0 spiro atoms. The summed E-state index contributed by atoms with van der Waals surface area (Å²) in [4.78, 5) is 24.3. The summed E-state index contributed by atoms with van der Waals surface area (Å²) >= 11 is 0. The molecule has 1 amide bonds. The number of carboxylic acids is 1. The molecule has 0 bridgehead atoms. The van der Waals surface area contributed by atoms with Crippen LogP contribution in [0.15, 0.2) is 30.3 Å². The normalized spacial score (nSPS) is 12.2. The third-order valence-electron chi connectivity index (χ3n) is 2.96. The van der Waals surface area contributed by atoms with Crippen LogP contribution in [0.5, 0.6) is 0 Å². The zero-order valence-corrected chi connectivity index (χ0v) is 11.3. The summed E-state index contributed by atoms with van der Waals surface area (Å²) in [5, 5.41) is 11.6. The molecule has 0 aliphatic rings. The number of rotatable bonds is 7. The lowest BCUT2D eigenvalue weighted by Gasteiger charge is -2.25. The zero-order valence-electron chi connectivity index (χ0n) is 11.3. The van der Waals surface area contributed by atoms with Crippen LogP contribution in [0, 0.1) is 0 Å². The highest BCUT2D eigenvalue weighted by atomic mass is 16.4. The minimum atomic E-state index is -0.923. The minimum Gasteiger partial charge on any atom is -0.480 e. The summed E-state index contributed by atoms with van der Waals surface area (Å²) in [7, 11) is 0. The molecule has 1 aromatic rings. The summed E-state index contributed by atoms with van der Waals surface area (Å²) in [6, 6.07) is 9.17. The minimum absolute atomic E-state index is 0.0534. The molecule has 0 heterocycles. The lowest BCUT2D eigenvalue weighted by atomic mass is 10.2. The smallest absolute Gasteiger partial charge is 0.317 e. The molecule has 2 N–H and O–H groups in total. The number of aliphatic carboxylic acids is 1. The maximum Gasteiger partial charge on any atom is 0.317 e. The van der Waals surface area contributed by atoms with Gasteiger partial charge in [-0.1, -0.05) is 25.1 Å². The van der Waals surface area contributed by atoms with Crippen LogP contribution in [0.3, 0.4) is 0 Å². The number of benzene rings is 1. The van der Waals surface area contributed by atoms with Crippen LogP contribution in [0.4, 0.5) is 5.69 Å². The summed E-state index contributed by atoms with van der Waals surface area (Å²) in [5.41, 5.74) is 0.715. The van der Waals surface area contributed by atoms with Crippen molar-refractivity contribution in [2.45, 2.75) is 26.3 Å². The molecule has 0 aromatic heterocycles. The Hall–Kier alpha value is -1.88. The van der Waals surface area contributed by atoms with Gasteiger partial charge in [-0.25, -0.2) is 0 Å². The number of hydrogen-bond acceptors (Lipinski definition) is 3. The Bertz CT molecular complexity index is 420. The number of hydrogen-bond donors (Lipinski definition) is 2. The number of carboxylic acid groups (broad SMARTS) is 1. The molecule has 0 aliphatic carbocycles. The molecule has 1 rings (SSSR count). The van der Waals surface area contributed by atoms with Gasteiger partial charge in [0.25, 0.3) is 0 Å². The van der Waals surface area contributed by atoms with Gasteiger partial charge in [0.2, 0.25) is 5.91 Å². The Balaban J connectivity index is 2.58. The predicted octanol–water partition coefficient (Wildman–Crippen LogP) is 1.81. The largest absolute Gasteiger partial charge is 0.480 e. The molecule has 0 aliphatic heterocycles. The first-order valence-corrected chi connectivity index (χ1v) is 6.33. The van der Waals surface area contributed by atoms with Gasteiger partial charge in [-0.05, 0) is 25.5 Å². The Morgan fingerprint density at radius 2 is 1.89 bits per heavy atom. The highest BCUT2D eigenvalue weighted by Crippen LogP contribution is 2.07. The fraction of sp³-hybridized carbons (Fsp3) is 0.429. The van der Waals surface area contributed by atoms with Crippen LogP contribution in [0.1, 0.15) is 20.3 Å². The summed E-state index contributed by atoms with van der Waals surface area (Å²) in [5.74, 6) is -1.12. The quantitative estimate of drug-likeness (QED) is 0.788. The molecular formula is C14H20N2O3. The van der Waals surface area contributed by atoms with E-state index in [4.69, 9.17) is 5.11 Å². The molecule has 0 saturated heterocycles. The predicted molar refractivity (Wildman–Crippen MR) is 74.0 cm³/mol. The van der Waals surface area contributed by atoms with E-state index in [0.29, 0.717) is 5.69 Å². The van der Waals surface area contributed by atoms with E-state index in [-0.39, 0.29) is 25.0 Å². The third-order valence-corrected chi connectivity index (χ3v) is 2.96. The second kappa shape index (κ2) is 7.53. The standard InChI is InChI=1S/C14H20N2O3/c1-3-11(2)16(10-14(18)19)9-13(17)15-12-7-5-4-6-8-12/h4-8,11H,3,9-10H2,1-2H3,(H,15,17)(H,18,19). The Kier molecular flexibility index (Phi) is 6.02. The van der Waals surface area contributed by atoms with Crippen molar-refractivity contribution in [3.63, 3.8) is 0 Å². The van der Waals surface area contributed by atoms with Crippen LogP contribution < -0.4 is 5.32 Å². The van der Waals surface area contributed by atoms with Gasteiger partial charge in [0, 0.05) is 11.7 Å². The highest BCUT2D eigenvalue weighted by Gasteiger charge is 2.18. The average molecular weight is 264 g/mol. The van der Waals surface area contributed by atoms with E-state index in [0.717, 1.165) is 6.42 Å². The van der Waals surface area contributed by atoms with Gasteiger partial charge in [-0.2, -0.15) is 0 Å². The first kappa shape index (κ1) is 15.2. The van der Waals surface area contributed by atoms with Gasteiger partial charge in [-0.3, -0.25) is 14.5 Å². The fourth-order valence-corrected chi connectivity index (χ4v) is 1.71. The molecule has 0 fully saturated rings. The van der Waals surface area contributed by atoms with E-state index in [9.17, 15) is 9.59 Å². The number of nitrogens with one attached hydrogen (secondary N) is 1. The lowest BCUT2D eigenvalue weighted by Crippen LogP contribution is -2.42. The van der Waals surface area contributed by atoms with E-state index in [2.05, 4.69) is 5.32 Å². The molecule has 1 atom stereocenters. The highest BCUT2D eigenvalue weighted by molar-refractivity contribution is 5.92. The van der Waals surface area contributed by atoms with Crippen molar-refractivity contribution in [3.8, 4) is 0 Å². The van der Waals surface area contributed by atoms with E-state index in [1.54, 1.807) is 17.0 Å². The average Bonchev–Trinajstić information content (AvgIpc) is 2.37. The number of carbonyl (C=O) groups excluding carboxylic acids is 1. The van der Waals surface area contributed by atoms with Gasteiger partial charge in [-0.15, -0.1) is 0 Å². The molecule has 1 aromatic carbocycles. The molecule has 19 heavy (non-hydrogen) atoms. The van der Waals surface area contributed by atoms with Gasteiger partial charge in [0.1, 0.15) is 0 Å². The van der Waals surface area contributed by atoms with E-state index in [1.165, 1.54) is 0 Å². The summed E-state index contributed by atoms with van der Waals surface area (Å²) < 4.78 is 0.